The molecular weight excluding hydrogens is 826 g/mol. The number of ketones is 2. The summed E-state index contributed by atoms with van der Waals surface area (Å²) in [7, 11) is 0. The van der Waals surface area contributed by atoms with Crippen LogP contribution in [-0.4, -0.2) is 146 Å². The number of aliphatic hydroxyl groups is 7. The molecule has 10 N–H and O–H groups in total. The van der Waals surface area contributed by atoms with Crippen molar-refractivity contribution in [3.05, 3.63) is 99.3 Å². The van der Waals surface area contributed by atoms with Gasteiger partial charge in [-0.05, 0) is 41.8 Å². The first kappa shape index (κ1) is 43.6. The average Bonchev–Trinajstić information content (AvgIpc) is 3.69. The van der Waals surface area contributed by atoms with Crippen LogP contribution in [0.2, 0.25) is 0 Å². The van der Waals surface area contributed by atoms with E-state index < -0.39 is 123 Å². The van der Waals surface area contributed by atoms with E-state index in [9.17, 15) is 54.9 Å². The summed E-state index contributed by atoms with van der Waals surface area (Å²) >= 11 is 0. The van der Waals surface area contributed by atoms with Gasteiger partial charge in [0, 0.05) is 59.8 Å². The molecule has 1 saturated heterocycles. The number of quaternary nitrogens is 1. The highest BCUT2D eigenvalue weighted by atomic mass is 16.7. The molecule has 4 aliphatic heterocycles. The van der Waals surface area contributed by atoms with Gasteiger partial charge in [0.25, 0.3) is 11.7 Å². The Labute approximate surface area is 357 Å². The highest BCUT2D eigenvalue weighted by Crippen LogP contribution is 2.51. The summed E-state index contributed by atoms with van der Waals surface area (Å²) in [5, 5.41) is 86.8. The minimum Gasteiger partial charge on any atom is -0.498 e. The Morgan fingerprint density at radius 2 is 1.81 bits per heavy atom. The van der Waals surface area contributed by atoms with Gasteiger partial charge in [-0.15, -0.1) is 0 Å². The van der Waals surface area contributed by atoms with Gasteiger partial charge in [-0.2, -0.15) is 4.99 Å². The molecule has 1 amide bonds. The second kappa shape index (κ2) is 17.6. The number of hydrogen-bond acceptors (Lipinski definition) is 17. The first-order valence-electron chi connectivity index (χ1n) is 20.0. The Morgan fingerprint density at radius 1 is 1.02 bits per heavy atom. The van der Waals surface area contributed by atoms with E-state index in [4.69, 9.17) is 24.4 Å². The van der Waals surface area contributed by atoms with Crippen molar-refractivity contribution in [2.75, 3.05) is 33.1 Å². The van der Waals surface area contributed by atoms with Gasteiger partial charge < -0.3 is 59.5 Å². The van der Waals surface area contributed by atoms with Gasteiger partial charge in [0.2, 0.25) is 18.0 Å². The highest BCUT2D eigenvalue weighted by Gasteiger charge is 2.57. The lowest BCUT2D eigenvalue weighted by Crippen LogP contribution is -3.09. The molecule has 1 aliphatic carbocycles. The number of aliphatic hydroxyl groups excluding tert-OH is 6. The quantitative estimate of drug-likeness (QED) is 0.0692. The maximum atomic E-state index is 14.8. The topological polar surface area (TPSA) is 312 Å². The fourth-order valence-electron chi connectivity index (χ4n) is 8.58. The predicted octanol–water partition coefficient (Wildman–Crippen LogP) is -1.96. The molecule has 3 aromatic rings. The zero-order chi connectivity index (χ0) is 44.7. The third-order valence-corrected chi connectivity index (χ3v) is 11.7. The molecule has 63 heavy (non-hydrogen) atoms. The van der Waals surface area contributed by atoms with Gasteiger partial charge >= 0.3 is 0 Å². The van der Waals surface area contributed by atoms with Crippen molar-refractivity contribution in [2.45, 2.75) is 68.1 Å². The Hall–Kier alpha value is -6.07. The first-order chi connectivity index (χ1) is 30.3. The molecule has 4 heterocycles. The third kappa shape index (κ3) is 7.64. The molecule has 2 bridgehead atoms. The highest BCUT2D eigenvalue weighted by molar-refractivity contribution is 6.68. The van der Waals surface area contributed by atoms with Gasteiger partial charge in [-0.1, -0.05) is 24.3 Å². The fraction of sp³-hybridized carbons (Fsp3) is 0.372. The lowest BCUT2D eigenvalue weighted by molar-refractivity contribution is -0.723. The number of nitrogens with zero attached hydrogens (tertiary/aromatic N) is 2. The predicted molar refractivity (Wildman–Crippen MR) is 216 cm³/mol. The minimum absolute atomic E-state index is 0.00749. The molecule has 1 unspecified atom stereocenters. The Bertz CT molecular complexity index is 2490. The van der Waals surface area contributed by atoms with E-state index in [1.807, 2.05) is 0 Å². The van der Waals surface area contributed by atoms with Crippen molar-refractivity contribution in [1.82, 2.24) is 5.32 Å². The van der Waals surface area contributed by atoms with Crippen molar-refractivity contribution in [1.29, 1.82) is 5.41 Å². The van der Waals surface area contributed by atoms with Crippen molar-refractivity contribution in [3.8, 4) is 11.5 Å². The molecule has 0 aromatic heterocycles. The SMILES string of the molecule is N=C1N=C2C(=NC[NH+]2c2ccccc2[C@H]2/C(CCO)=C/OC[C@@H]3O[C@H](Oc4c2cc2c(c4OC[C@H](O)CC=O)C(=O)c4cc(CO)ccc4C2=O)[C@](O)(CCO)[C@H](O)[C@H]3O)C(=O)N1. The van der Waals surface area contributed by atoms with E-state index in [2.05, 4.69) is 15.3 Å². The zero-order valence-electron chi connectivity index (χ0n) is 33.4. The number of carbonyl (C=O) groups is 4. The van der Waals surface area contributed by atoms with Crippen LogP contribution in [0.5, 0.6) is 11.5 Å². The van der Waals surface area contributed by atoms with Crippen LogP contribution < -0.4 is 19.7 Å². The molecule has 3 aromatic carbocycles. The zero-order valence-corrected chi connectivity index (χ0v) is 33.4. The lowest BCUT2D eigenvalue weighted by atomic mass is 9.77. The van der Waals surface area contributed by atoms with Gasteiger partial charge in [0.05, 0.1) is 24.5 Å². The van der Waals surface area contributed by atoms with Crippen LogP contribution in [0.4, 0.5) is 5.69 Å². The van der Waals surface area contributed by atoms with Crippen LogP contribution in [0.15, 0.2) is 70.4 Å². The summed E-state index contributed by atoms with van der Waals surface area (Å²) in [4.78, 5) is 63.0. The molecular formula is C43H44N5O15+. The third-order valence-electron chi connectivity index (χ3n) is 11.7. The number of benzene rings is 3. The molecule has 330 valence electrons. The number of fused-ring (bicyclic) bond motifs is 6. The maximum absolute atomic E-state index is 14.8. The number of para-hydroxylation sites is 1. The molecule has 0 spiro atoms. The minimum atomic E-state index is -2.56. The lowest BCUT2D eigenvalue weighted by Gasteiger charge is -2.47. The van der Waals surface area contributed by atoms with Crippen molar-refractivity contribution in [3.63, 3.8) is 0 Å². The van der Waals surface area contributed by atoms with Crippen LogP contribution >= 0.6 is 0 Å². The number of aliphatic imine (C=N–C) groups is 2. The Morgan fingerprint density at radius 3 is 2.56 bits per heavy atom. The molecule has 5 aliphatic rings. The van der Waals surface area contributed by atoms with Crippen LogP contribution in [0, 0.1) is 5.41 Å². The van der Waals surface area contributed by atoms with Crippen LogP contribution in [0.1, 0.15) is 73.7 Å². The molecule has 0 radical (unpaired) electrons. The number of ether oxygens (including phenoxy) is 4. The summed E-state index contributed by atoms with van der Waals surface area (Å²) in [6, 6.07) is 12.4. The largest absolute Gasteiger partial charge is 0.498 e. The van der Waals surface area contributed by atoms with Crippen molar-refractivity contribution >= 4 is 47.0 Å². The van der Waals surface area contributed by atoms with Gasteiger partial charge in [0.1, 0.15) is 43.5 Å². The number of carbonyl (C=O) groups excluding carboxylic acids is 4. The Balaban J connectivity index is 1.45. The standard InChI is InChI=1S/C43H43N5O15/c44-42-46-39-32(40(58)47-42)45-19-48(39)28-4-2-1-3-24(28)30-21(7-10-49)16-60-18-29-35(56)38(57)43(59,9-12-51)41(62-29)63-36-27(30)14-26-31(37(36)61-17-22(53)8-11-50)34(55)25-13-20(15-52)5-6-23(25)33(26)54/h1-6,11,13-14,16,22,29-30,35,38,41,49,51-53,56-57,59H,7-10,12,15,17-19H2,(H2,44,47,58)/p+1/b21-16+/t22-,29+,30-,35+,38-,41-,43+/m1/s1. The van der Waals surface area contributed by atoms with E-state index in [-0.39, 0.29) is 52.5 Å². The van der Waals surface area contributed by atoms with E-state index in [0.717, 1.165) is 0 Å². The summed E-state index contributed by atoms with van der Waals surface area (Å²) in [6.45, 7) is -2.83. The molecule has 20 heteroatoms. The number of hydrogen-bond donors (Lipinski definition) is 10. The van der Waals surface area contributed by atoms with E-state index >= 15 is 0 Å². The molecule has 0 saturated carbocycles. The molecule has 20 nitrogen and oxygen atoms in total. The first-order valence-corrected chi connectivity index (χ1v) is 20.0. The molecule has 1 fully saturated rings. The van der Waals surface area contributed by atoms with E-state index in [1.54, 1.807) is 24.3 Å². The van der Waals surface area contributed by atoms with Crippen LogP contribution in [-0.2, 0) is 25.7 Å². The fourth-order valence-corrected chi connectivity index (χ4v) is 8.58. The summed E-state index contributed by atoms with van der Waals surface area (Å²) in [5.74, 6) is -4.39. The van der Waals surface area contributed by atoms with Crippen LogP contribution in [0.25, 0.3) is 0 Å². The van der Waals surface area contributed by atoms with E-state index in [1.165, 1.54) is 30.5 Å². The molecule has 8 rings (SSSR count). The summed E-state index contributed by atoms with van der Waals surface area (Å²) in [5.41, 5.74) is -1.80. The second-order valence-electron chi connectivity index (χ2n) is 15.6. The van der Waals surface area contributed by atoms with Crippen LogP contribution in [0.3, 0.4) is 0 Å². The van der Waals surface area contributed by atoms with E-state index in [0.29, 0.717) is 33.6 Å². The monoisotopic (exact) mass is 870 g/mol. The number of amidine groups is 1. The Kier molecular flexibility index (Phi) is 12.2. The number of amides is 1. The average molecular weight is 871 g/mol. The normalized spacial score (nSPS) is 27.6. The number of rotatable bonds is 12. The number of nitrogens with one attached hydrogen (secondary N) is 3. The van der Waals surface area contributed by atoms with Gasteiger partial charge in [-0.3, -0.25) is 25.1 Å². The number of guanidine groups is 1. The smallest absolute Gasteiger partial charge is 0.284 e. The summed E-state index contributed by atoms with van der Waals surface area (Å²) in [6.07, 6.45) is -8.05. The van der Waals surface area contributed by atoms with Crippen molar-refractivity contribution in [2.24, 2.45) is 9.98 Å². The van der Waals surface area contributed by atoms with Gasteiger partial charge in [0.15, 0.2) is 35.3 Å². The van der Waals surface area contributed by atoms with Gasteiger partial charge in [-0.25, -0.2) is 9.89 Å². The van der Waals surface area contributed by atoms with Crippen molar-refractivity contribution < 1.29 is 78.8 Å². The number of aldehydes is 1. The second-order valence-corrected chi connectivity index (χ2v) is 15.6. The summed E-state index contributed by atoms with van der Waals surface area (Å²) < 4.78 is 25.1. The maximum Gasteiger partial charge on any atom is 0.284 e. The molecule has 8 atom stereocenters.